The number of carbonyl (C=O) groups is 2. The Morgan fingerprint density at radius 1 is 0.620 bits per heavy atom. The second-order valence-corrected chi connectivity index (χ2v) is 23.0. The number of carbonyl (C=O) groups excluding carboxylic acids is 1. The first-order valence-electron chi connectivity index (χ1n) is 25.7. The Balaban J connectivity index is 0.000000195. The quantitative estimate of drug-likeness (QED) is 0.0960. The van der Waals surface area contributed by atoms with E-state index in [4.69, 9.17) is 10.8 Å². The summed E-state index contributed by atoms with van der Waals surface area (Å²) in [6.45, 7) is 19.4. The molecule has 8 N–H and O–H groups in total. The highest BCUT2D eigenvalue weighted by molar-refractivity contribution is 5.94. The van der Waals surface area contributed by atoms with E-state index in [1.165, 1.54) is 42.5 Å². The Hall–Kier alpha value is -3.76. The van der Waals surface area contributed by atoms with Gasteiger partial charge in [0, 0.05) is 25.3 Å². The number of fused-ring (bicyclic) bond motifs is 2. The highest BCUT2D eigenvalue weighted by Gasteiger charge is 2.58. The third-order valence-electron chi connectivity index (χ3n) is 19.6. The molecule has 6 aliphatic rings. The number of aliphatic hydroxyl groups is 4. The van der Waals surface area contributed by atoms with Gasteiger partial charge in [0.25, 0.3) is 5.91 Å². The number of allylic oxidation sites excluding steroid dienone is 2. The van der Waals surface area contributed by atoms with Crippen LogP contribution in [-0.4, -0.2) is 75.9 Å². The van der Waals surface area contributed by atoms with Crippen molar-refractivity contribution in [2.45, 2.75) is 142 Å². The highest BCUT2D eigenvalue weighted by Crippen LogP contribution is 2.65. The van der Waals surface area contributed by atoms with Crippen LogP contribution in [0.4, 0.5) is 26.3 Å². The second kappa shape index (κ2) is 22.0. The number of carboxylic acids is 1. The molecule has 0 heterocycles. The lowest BCUT2D eigenvalue weighted by molar-refractivity contribution is -0.138. The lowest BCUT2D eigenvalue weighted by atomic mass is 9.49. The van der Waals surface area contributed by atoms with Gasteiger partial charge in [-0.25, -0.2) is 4.79 Å². The summed E-state index contributed by atoms with van der Waals surface area (Å²) in [5, 5.41) is 51.9. The zero-order chi connectivity index (χ0) is 52.5. The number of nitrogens with two attached hydrogens (primary N) is 1. The topological polar surface area (TPSA) is 173 Å². The predicted molar refractivity (Wildman–Crippen MR) is 261 cm³/mol. The summed E-state index contributed by atoms with van der Waals surface area (Å²) < 4.78 is 74.6. The smallest absolute Gasteiger partial charge is 0.416 e. The van der Waals surface area contributed by atoms with Gasteiger partial charge in [0.1, 0.15) is 0 Å². The lowest BCUT2D eigenvalue weighted by Gasteiger charge is -2.56. The van der Waals surface area contributed by atoms with E-state index in [9.17, 15) is 56.4 Å². The van der Waals surface area contributed by atoms with Crippen LogP contribution in [0.2, 0.25) is 0 Å². The van der Waals surface area contributed by atoms with Crippen LogP contribution in [0.25, 0.3) is 0 Å². The molecule has 14 atom stereocenters. The van der Waals surface area contributed by atoms with E-state index in [-0.39, 0.29) is 81.7 Å². The van der Waals surface area contributed by atoms with E-state index in [0.717, 1.165) is 101 Å². The van der Waals surface area contributed by atoms with Gasteiger partial charge in [-0.1, -0.05) is 52.0 Å². The van der Waals surface area contributed by atoms with Crippen molar-refractivity contribution in [3.63, 3.8) is 0 Å². The van der Waals surface area contributed by atoms with Crippen molar-refractivity contribution in [2.24, 2.45) is 74.7 Å². The van der Waals surface area contributed by atoms with Gasteiger partial charge in [0.05, 0.1) is 28.9 Å². The number of nitrogens with one attached hydrogen (secondary N) is 1. The molecule has 0 spiro atoms. The molecule has 0 aromatic heterocycles. The van der Waals surface area contributed by atoms with Gasteiger partial charge < -0.3 is 36.6 Å². The minimum absolute atomic E-state index is 0.00155. The summed E-state index contributed by atoms with van der Waals surface area (Å²) in [6.07, 6.45) is 4.05. The van der Waals surface area contributed by atoms with Gasteiger partial charge >= 0.3 is 18.3 Å². The third-order valence-corrected chi connectivity index (χ3v) is 19.6. The van der Waals surface area contributed by atoms with Crippen molar-refractivity contribution >= 4 is 11.9 Å². The molecular weight excluding hydrogens is 927 g/mol. The number of rotatable bonds is 9. The summed E-state index contributed by atoms with van der Waals surface area (Å²) in [7, 11) is 0. The fraction of sp³-hybridized carbons (Fsp3) is 0.679. The molecule has 9 nitrogen and oxygen atoms in total. The maximum absolute atomic E-state index is 12.9. The Kier molecular flexibility index (Phi) is 17.5. The van der Waals surface area contributed by atoms with Gasteiger partial charge in [-0.15, -0.1) is 0 Å². The normalized spacial score (nSPS) is 37.1. The van der Waals surface area contributed by atoms with Crippen molar-refractivity contribution in [1.82, 2.24) is 5.32 Å². The number of hydrogen-bond acceptors (Lipinski definition) is 7. The molecule has 0 saturated heterocycles. The zero-order valence-corrected chi connectivity index (χ0v) is 41.9. The van der Waals surface area contributed by atoms with Crippen LogP contribution in [-0.2, 0) is 12.4 Å². The first kappa shape index (κ1) is 56.5. The Morgan fingerprint density at radius 3 is 1.39 bits per heavy atom. The van der Waals surface area contributed by atoms with Crippen molar-refractivity contribution in [1.29, 1.82) is 0 Å². The maximum Gasteiger partial charge on any atom is 0.416 e. The molecule has 0 unspecified atom stereocenters. The summed E-state index contributed by atoms with van der Waals surface area (Å²) in [5.74, 6) is 1.13. The maximum atomic E-state index is 12.9. The number of halogens is 6. The first-order chi connectivity index (χ1) is 33.2. The number of hydrogen-bond donors (Lipinski definition) is 7. The molecule has 1 amide bonds. The van der Waals surface area contributed by atoms with E-state index in [1.54, 1.807) is 0 Å². The van der Waals surface area contributed by atoms with E-state index in [2.05, 4.69) is 46.2 Å². The predicted octanol–water partition coefficient (Wildman–Crippen LogP) is 11.1. The summed E-state index contributed by atoms with van der Waals surface area (Å²) in [5.41, 5.74) is 7.68. The molecule has 6 saturated carbocycles. The van der Waals surface area contributed by atoms with Gasteiger partial charge in [-0.05, 0) is 214 Å². The van der Waals surface area contributed by atoms with Crippen molar-refractivity contribution in [3.8, 4) is 0 Å². The molecule has 2 aromatic carbocycles. The largest absolute Gasteiger partial charge is 0.478 e. The number of alkyl halides is 6. The molecule has 2 aromatic rings. The van der Waals surface area contributed by atoms with Gasteiger partial charge in [-0.2, -0.15) is 26.3 Å². The number of aromatic carboxylic acids is 1. The van der Waals surface area contributed by atoms with Crippen molar-refractivity contribution in [3.05, 3.63) is 95.1 Å². The number of aliphatic hydroxyl groups excluding tert-OH is 4. The van der Waals surface area contributed by atoms with Crippen molar-refractivity contribution < 1.29 is 61.5 Å². The average Bonchev–Trinajstić information content (AvgIpc) is 3.81. The van der Waals surface area contributed by atoms with Crippen LogP contribution >= 0.6 is 0 Å². The molecule has 15 heteroatoms. The van der Waals surface area contributed by atoms with Crippen LogP contribution in [0.5, 0.6) is 0 Å². The van der Waals surface area contributed by atoms with Gasteiger partial charge in [0.15, 0.2) is 0 Å². The Morgan fingerprint density at radius 2 is 1.01 bits per heavy atom. The van der Waals surface area contributed by atoms with E-state index >= 15 is 0 Å². The van der Waals surface area contributed by atoms with Gasteiger partial charge in [0.2, 0.25) is 0 Å². The van der Waals surface area contributed by atoms with Crippen LogP contribution in [0.3, 0.4) is 0 Å². The highest BCUT2D eigenvalue weighted by atomic mass is 19.4. The average molecular weight is 1010 g/mol. The fourth-order valence-corrected chi connectivity index (χ4v) is 14.9. The van der Waals surface area contributed by atoms with Crippen LogP contribution in [0.1, 0.15) is 149 Å². The standard InChI is InChI=1S/C28H38F3NO3.C20H35NO2.C8H5F3O2/c1-17-4-9-23-22(15-32-25(35)18-5-7-19(8-6-18)28(29,30)31)24(11-13-26(17,23)2)27(3)12-10-21(34)14-20(27)16-33;1-13-4-5-17-16(11-21)18(7-9-19(13,17)2)20(3)8-6-15(23)10-14(20)12-22;9-8(10,11)6-3-1-5(2-4-6)7(12)13/h5-8,20-24,33-34H,1,4,9-16H2,2-3H3,(H,32,35);14-18,22-23H,1,4-12,21H2,2-3H3;1-4H,(H,12,13)/t20-,21+,22+,23+,24+,26-,27+;14-,15+,16+,17+,18+,19-,20+;/m11./s1. The second-order valence-electron chi connectivity index (χ2n) is 23.0. The molecular formula is C56H78F6N2O7. The third kappa shape index (κ3) is 11.6. The van der Waals surface area contributed by atoms with Crippen LogP contribution in [0.15, 0.2) is 72.8 Å². The molecule has 6 fully saturated rings. The molecule has 71 heavy (non-hydrogen) atoms. The molecule has 0 aliphatic heterocycles. The summed E-state index contributed by atoms with van der Waals surface area (Å²) in [6, 6.07) is 7.66. The summed E-state index contributed by atoms with van der Waals surface area (Å²) >= 11 is 0. The minimum atomic E-state index is -4.44. The molecule has 6 aliphatic carbocycles. The minimum Gasteiger partial charge on any atom is -0.478 e. The monoisotopic (exact) mass is 1000 g/mol. The molecule has 0 radical (unpaired) electrons. The Labute approximate surface area is 415 Å². The lowest BCUT2D eigenvalue weighted by Crippen LogP contribution is -2.53. The van der Waals surface area contributed by atoms with Crippen LogP contribution in [0, 0.1) is 69.0 Å². The fourth-order valence-electron chi connectivity index (χ4n) is 14.9. The number of carboxylic acid groups (broad SMARTS) is 1. The molecule has 0 bridgehead atoms. The SMILES string of the molecule is C=C1CC[C@H]2[C@H](CN)[C@@H]([C@@]3(C)CC[C@H](O)C[C@@H]3CO)CC[C@]12C.C=C1CC[C@H]2[C@H](CNC(=O)c3ccc(C(F)(F)F)cc3)[C@@H]([C@@]3(C)CC[C@H](O)C[C@@H]3CO)CC[C@]12C.O=C(O)c1ccc(C(F)(F)F)cc1. The van der Waals surface area contributed by atoms with E-state index < -0.39 is 35.6 Å². The number of benzene rings is 2. The van der Waals surface area contributed by atoms with Gasteiger partial charge in [-0.3, -0.25) is 4.79 Å². The van der Waals surface area contributed by atoms with E-state index in [0.29, 0.717) is 43.1 Å². The summed E-state index contributed by atoms with van der Waals surface area (Å²) in [4.78, 5) is 23.2. The molecule has 8 rings (SSSR count). The first-order valence-corrected chi connectivity index (χ1v) is 25.7. The Bertz CT molecular complexity index is 2180. The zero-order valence-electron chi connectivity index (χ0n) is 41.9. The van der Waals surface area contributed by atoms with Crippen LogP contribution < -0.4 is 11.1 Å². The van der Waals surface area contributed by atoms with Crippen molar-refractivity contribution in [2.75, 3.05) is 26.3 Å². The van der Waals surface area contributed by atoms with E-state index in [1.807, 2.05) is 0 Å². The number of amides is 1. The molecule has 396 valence electrons.